The van der Waals surface area contributed by atoms with Crippen molar-refractivity contribution >= 4 is 12.2 Å². The number of hydrogen-bond acceptors (Lipinski definition) is 2. The van der Waals surface area contributed by atoms with Gasteiger partial charge in [0.1, 0.15) is 10.5 Å². The standard InChI is InChI=1S/C14H15FN2S/c1-8(2)12-13(16-7-17-14(12)18)10-4-5-11(15)9(3)6-10/h4-8H,1-3H3,(H,16,17,18). The molecule has 0 radical (unpaired) electrons. The number of nitrogens with zero attached hydrogens (tertiary/aromatic N) is 1. The van der Waals surface area contributed by atoms with Gasteiger partial charge in [0.15, 0.2) is 0 Å². The fourth-order valence-corrected chi connectivity index (χ4v) is 2.37. The van der Waals surface area contributed by atoms with Gasteiger partial charge in [0.2, 0.25) is 0 Å². The minimum absolute atomic E-state index is 0.197. The maximum atomic E-state index is 13.3. The minimum Gasteiger partial charge on any atom is -0.346 e. The number of hydrogen-bond donors (Lipinski definition) is 1. The molecule has 2 nitrogen and oxygen atoms in total. The Morgan fingerprint density at radius 2 is 2.06 bits per heavy atom. The summed E-state index contributed by atoms with van der Waals surface area (Å²) in [6.45, 7) is 5.89. The molecule has 0 saturated heterocycles. The van der Waals surface area contributed by atoms with Gasteiger partial charge >= 0.3 is 0 Å². The van der Waals surface area contributed by atoms with E-state index in [4.69, 9.17) is 12.2 Å². The molecule has 0 spiro atoms. The summed E-state index contributed by atoms with van der Waals surface area (Å²) in [6, 6.07) is 5.06. The van der Waals surface area contributed by atoms with Crippen LogP contribution in [0.1, 0.15) is 30.9 Å². The first kappa shape index (κ1) is 12.9. The van der Waals surface area contributed by atoms with Crippen molar-refractivity contribution in [3.63, 3.8) is 0 Å². The fraction of sp³-hybridized carbons (Fsp3) is 0.286. The Labute approximate surface area is 111 Å². The Balaban J connectivity index is 2.67. The molecule has 0 unspecified atom stereocenters. The SMILES string of the molecule is Cc1cc(-c2[nH]cnc(=S)c2C(C)C)ccc1F. The van der Waals surface area contributed by atoms with Crippen LogP contribution in [-0.4, -0.2) is 9.97 Å². The van der Waals surface area contributed by atoms with Crippen LogP contribution >= 0.6 is 12.2 Å². The van der Waals surface area contributed by atoms with E-state index in [0.29, 0.717) is 10.2 Å². The van der Waals surface area contributed by atoms with E-state index >= 15 is 0 Å². The van der Waals surface area contributed by atoms with Crippen LogP contribution in [0.4, 0.5) is 4.39 Å². The lowest BCUT2D eigenvalue weighted by molar-refractivity contribution is 0.618. The monoisotopic (exact) mass is 262 g/mol. The number of H-pyrrole nitrogens is 1. The third-order valence-corrected chi connectivity index (χ3v) is 3.24. The number of aromatic amines is 1. The van der Waals surface area contributed by atoms with Crippen LogP contribution in [0.5, 0.6) is 0 Å². The molecule has 2 aromatic rings. The van der Waals surface area contributed by atoms with E-state index in [1.165, 1.54) is 6.07 Å². The molecular formula is C14H15FN2S. The van der Waals surface area contributed by atoms with Crippen LogP contribution in [0.15, 0.2) is 24.5 Å². The summed E-state index contributed by atoms with van der Waals surface area (Å²) in [5, 5.41) is 0. The minimum atomic E-state index is -0.197. The first-order chi connectivity index (χ1) is 8.50. The summed E-state index contributed by atoms with van der Waals surface area (Å²) < 4.78 is 13.9. The maximum absolute atomic E-state index is 13.3. The van der Waals surface area contributed by atoms with Crippen LogP contribution in [-0.2, 0) is 0 Å². The largest absolute Gasteiger partial charge is 0.346 e. The Kier molecular flexibility index (Phi) is 3.57. The van der Waals surface area contributed by atoms with Crippen molar-refractivity contribution in [2.24, 2.45) is 0 Å². The fourth-order valence-electron chi connectivity index (χ4n) is 1.98. The molecule has 0 aliphatic carbocycles. The second-order valence-electron chi connectivity index (χ2n) is 4.62. The first-order valence-corrected chi connectivity index (χ1v) is 6.25. The van der Waals surface area contributed by atoms with E-state index in [1.807, 2.05) is 6.07 Å². The predicted molar refractivity (Wildman–Crippen MR) is 73.6 cm³/mol. The van der Waals surface area contributed by atoms with Crippen molar-refractivity contribution in [1.29, 1.82) is 0 Å². The normalized spacial score (nSPS) is 10.9. The van der Waals surface area contributed by atoms with E-state index in [0.717, 1.165) is 16.8 Å². The lowest BCUT2D eigenvalue weighted by Gasteiger charge is -2.13. The average Bonchev–Trinajstić information content (AvgIpc) is 2.32. The zero-order valence-corrected chi connectivity index (χ0v) is 11.4. The topological polar surface area (TPSA) is 28.7 Å². The average molecular weight is 262 g/mol. The molecule has 0 amide bonds. The zero-order chi connectivity index (χ0) is 13.3. The highest BCUT2D eigenvalue weighted by molar-refractivity contribution is 7.71. The van der Waals surface area contributed by atoms with Crippen molar-refractivity contribution in [2.45, 2.75) is 26.7 Å². The number of halogens is 1. The molecular weight excluding hydrogens is 247 g/mol. The Bertz CT molecular complexity index is 632. The Morgan fingerprint density at radius 3 is 2.67 bits per heavy atom. The van der Waals surface area contributed by atoms with Gasteiger partial charge in [-0.25, -0.2) is 9.37 Å². The Hall–Kier alpha value is -1.55. The molecule has 4 heteroatoms. The third kappa shape index (κ3) is 2.34. The molecule has 1 aromatic heterocycles. The number of rotatable bonds is 2. The smallest absolute Gasteiger partial charge is 0.133 e. The van der Waals surface area contributed by atoms with Gasteiger partial charge in [0.05, 0.1) is 12.0 Å². The van der Waals surface area contributed by atoms with Crippen molar-refractivity contribution < 1.29 is 4.39 Å². The van der Waals surface area contributed by atoms with Gasteiger partial charge in [-0.3, -0.25) is 0 Å². The summed E-state index contributed by atoms with van der Waals surface area (Å²) in [5.41, 5.74) is 3.48. The molecule has 0 saturated carbocycles. The van der Waals surface area contributed by atoms with Gasteiger partial charge in [-0.05, 0) is 42.2 Å². The maximum Gasteiger partial charge on any atom is 0.133 e. The van der Waals surface area contributed by atoms with Gasteiger partial charge < -0.3 is 4.98 Å². The van der Waals surface area contributed by atoms with Crippen LogP contribution < -0.4 is 0 Å². The second kappa shape index (κ2) is 4.98. The van der Waals surface area contributed by atoms with E-state index in [9.17, 15) is 4.39 Å². The highest BCUT2D eigenvalue weighted by Gasteiger charge is 2.12. The van der Waals surface area contributed by atoms with Crippen LogP contribution in [0, 0.1) is 17.4 Å². The highest BCUT2D eigenvalue weighted by atomic mass is 32.1. The lowest BCUT2D eigenvalue weighted by atomic mass is 9.98. The molecule has 0 aliphatic rings. The lowest BCUT2D eigenvalue weighted by Crippen LogP contribution is -1.99. The van der Waals surface area contributed by atoms with E-state index in [1.54, 1.807) is 19.3 Å². The summed E-state index contributed by atoms with van der Waals surface area (Å²) in [7, 11) is 0. The van der Waals surface area contributed by atoms with Gasteiger partial charge in [-0.1, -0.05) is 26.1 Å². The van der Waals surface area contributed by atoms with Crippen molar-refractivity contribution in [3.05, 3.63) is 46.1 Å². The quantitative estimate of drug-likeness (QED) is 0.814. The molecule has 94 valence electrons. The van der Waals surface area contributed by atoms with Crippen molar-refractivity contribution in [3.8, 4) is 11.3 Å². The molecule has 1 aromatic carbocycles. The summed E-state index contributed by atoms with van der Waals surface area (Å²) in [5.74, 6) is 0.0697. The van der Waals surface area contributed by atoms with Crippen LogP contribution in [0.3, 0.4) is 0 Å². The van der Waals surface area contributed by atoms with Gasteiger partial charge in [0, 0.05) is 5.56 Å². The number of nitrogens with one attached hydrogen (secondary N) is 1. The molecule has 0 atom stereocenters. The van der Waals surface area contributed by atoms with Crippen molar-refractivity contribution in [2.75, 3.05) is 0 Å². The molecule has 18 heavy (non-hydrogen) atoms. The predicted octanol–water partition coefficient (Wildman–Crippen LogP) is 4.38. The molecule has 1 heterocycles. The van der Waals surface area contributed by atoms with E-state index in [2.05, 4.69) is 23.8 Å². The van der Waals surface area contributed by atoms with E-state index in [-0.39, 0.29) is 11.7 Å². The number of aromatic nitrogens is 2. The molecule has 0 fully saturated rings. The van der Waals surface area contributed by atoms with Gasteiger partial charge in [0.25, 0.3) is 0 Å². The number of aryl methyl sites for hydroxylation is 1. The Morgan fingerprint density at radius 1 is 1.33 bits per heavy atom. The van der Waals surface area contributed by atoms with Gasteiger partial charge in [-0.2, -0.15) is 0 Å². The summed E-state index contributed by atoms with van der Waals surface area (Å²) in [4.78, 5) is 7.23. The van der Waals surface area contributed by atoms with Crippen LogP contribution in [0.2, 0.25) is 0 Å². The van der Waals surface area contributed by atoms with Gasteiger partial charge in [-0.15, -0.1) is 0 Å². The second-order valence-corrected chi connectivity index (χ2v) is 5.00. The highest BCUT2D eigenvalue weighted by Crippen LogP contribution is 2.28. The summed E-state index contributed by atoms with van der Waals surface area (Å²) >= 11 is 5.27. The molecule has 0 aliphatic heterocycles. The summed E-state index contributed by atoms with van der Waals surface area (Å²) in [6.07, 6.45) is 1.59. The number of benzene rings is 1. The molecule has 1 N–H and O–H groups in total. The first-order valence-electron chi connectivity index (χ1n) is 5.84. The van der Waals surface area contributed by atoms with E-state index < -0.39 is 0 Å². The molecule has 0 bridgehead atoms. The van der Waals surface area contributed by atoms with Crippen LogP contribution in [0.25, 0.3) is 11.3 Å². The molecule has 2 rings (SSSR count). The van der Waals surface area contributed by atoms with Crippen molar-refractivity contribution in [1.82, 2.24) is 9.97 Å². The third-order valence-electron chi connectivity index (χ3n) is 2.91. The zero-order valence-electron chi connectivity index (χ0n) is 10.6.